The van der Waals surface area contributed by atoms with Crippen LogP contribution in [0.15, 0.2) is 66.1 Å². The minimum Gasteiger partial charge on any atom is -0.352 e. The second kappa shape index (κ2) is 11.0. The summed E-state index contributed by atoms with van der Waals surface area (Å²) >= 11 is 5.97. The molecule has 2 aromatic rings. The van der Waals surface area contributed by atoms with Gasteiger partial charge in [-0.1, -0.05) is 30.3 Å². The van der Waals surface area contributed by atoms with E-state index in [1.807, 2.05) is 25.1 Å². The van der Waals surface area contributed by atoms with E-state index in [9.17, 15) is 18.0 Å². The maximum atomic E-state index is 13.1. The standard InChI is InChI=1S/C24H28ClN3O4S/c1-3-23(29)27-21-12-14-28(17(2)15-21)33(31,32)22-9-7-19(8-10-22)24(30)26-13-11-18-5-4-6-20(25)16-18/h3-10,16-17,21H,1,11-15H2,2H3,(H,26,30)(H,27,29). The lowest BCUT2D eigenvalue weighted by atomic mass is 10.0. The lowest BCUT2D eigenvalue weighted by molar-refractivity contribution is -0.117. The highest BCUT2D eigenvalue weighted by molar-refractivity contribution is 7.89. The molecule has 1 saturated heterocycles. The third-order valence-corrected chi connectivity index (χ3v) is 7.92. The topological polar surface area (TPSA) is 95.6 Å². The van der Waals surface area contributed by atoms with Gasteiger partial charge in [-0.2, -0.15) is 4.31 Å². The molecule has 2 atom stereocenters. The van der Waals surface area contributed by atoms with E-state index in [2.05, 4.69) is 17.2 Å². The summed E-state index contributed by atoms with van der Waals surface area (Å²) in [5.41, 5.74) is 1.41. The molecule has 1 heterocycles. The van der Waals surface area contributed by atoms with Crippen molar-refractivity contribution in [3.8, 4) is 0 Å². The number of benzene rings is 2. The van der Waals surface area contributed by atoms with Crippen molar-refractivity contribution >= 4 is 33.4 Å². The second-order valence-electron chi connectivity index (χ2n) is 8.06. The smallest absolute Gasteiger partial charge is 0.251 e. The van der Waals surface area contributed by atoms with Crippen molar-refractivity contribution in [3.63, 3.8) is 0 Å². The van der Waals surface area contributed by atoms with Gasteiger partial charge in [0.25, 0.3) is 5.91 Å². The maximum Gasteiger partial charge on any atom is 0.251 e. The van der Waals surface area contributed by atoms with Crippen molar-refractivity contribution in [2.45, 2.75) is 43.2 Å². The third-order valence-electron chi connectivity index (χ3n) is 5.66. The fraction of sp³-hybridized carbons (Fsp3) is 0.333. The van der Waals surface area contributed by atoms with Gasteiger partial charge in [-0.25, -0.2) is 8.42 Å². The van der Waals surface area contributed by atoms with Crippen LogP contribution in [-0.2, 0) is 21.2 Å². The fourth-order valence-electron chi connectivity index (χ4n) is 3.93. The van der Waals surface area contributed by atoms with Crippen LogP contribution in [0.4, 0.5) is 0 Å². The van der Waals surface area contributed by atoms with Crippen LogP contribution >= 0.6 is 11.6 Å². The van der Waals surface area contributed by atoms with Gasteiger partial charge in [-0.05, 0) is 74.2 Å². The molecule has 1 aliphatic rings. The number of carbonyl (C=O) groups excluding carboxylic acids is 2. The quantitative estimate of drug-likeness (QED) is 0.557. The molecular formula is C24H28ClN3O4S. The minimum atomic E-state index is -3.71. The highest BCUT2D eigenvalue weighted by Gasteiger charge is 2.34. The number of piperidine rings is 1. The molecule has 1 fully saturated rings. The van der Waals surface area contributed by atoms with Crippen molar-refractivity contribution in [3.05, 3.63) is 77.3 Å². The van der Waals surface area contributed by atoms with Crippen LogP contribution in [0.1, 0.15) is 35.7 Å². The van der Waals surface area contributed by atoms with Crippen LogP contribution in [0.3, 0.4) is 0 Å². The molecule has 0 aliphatic carbocycles. The molecule has 0 bridgehead atoms. The first-order valence-corrected chi connectivity index (χ1v) is 12.6. The zero-order valence-electron chi connectivity index (χ0n) is 18.5. The lowest BCUT2D eigenvalue weighted by Gasteiger charge is -2.36. The predicted octanol–water partition coefficient (Wildman–Crippen LogP) is 3.16. The number of carbonyl (C=O) groups is 2. The minimum absolute atomic E-state index is 0.0880. The summed E-state index contributed by atoms with van der Waals surface area (Å²) in [6.45, 7) is 6.01. The van der Waals surface area contributed by atoms with Crippen LogP contribution in [-0.4, -0.2) is 49.7 Å². The van der Waals surface area contributed by atoms with Crippen LogP contribution < -0.4 is 10.6 Å². The molecule has 176 valence electrons. The van der Waals surface area contributed by atoms with Crippen molar-refractivity contribution in [2.24, 2.45) is 0 Å². The monoisotopic (exact) mass is 489 g/mol. The van der Waals surface area contributed by atoms with Crippen molar-refractivity contribution in [2.75, 3.05) is 13.1 Å². The summed E-state index contributed by atoms with van der Waals surface area (Å²) in [6, 6.07) is 13.0. The van der Waals surface area contributed by atoms with E-state index in [1.54, 1.807) is 6.07 Å². The number of halogens is 1. The van der Waals surface area contributed by atoms with Gasteiger partial charge in [0.2, 0.25) is 15.9 Å². The van der Waals surface area contributed by atoms with Crippen LogP contribution in [0, 0.1) is 0 Å². The molecule has 0 saturated carbocycles. The number of sulfonamides is 1. The van der Waals surface area contributed by atoms with E-state index in [4.69, 9.17) is 11.6 Å². The van der Waals surface area contributed by atoms with Gasteiger partial charge in [0.15, 0.2) is 0 Å². The summed E-state index contributed by atoms with van der Waals surface area (Å²) in [7, 11) is -3.71. The third kappa shape index (κ3) is 6.43. The zero-order chi connectivity index (χ0) is 24.0. The second-order valence-corrected chi connectivity index (χ2v) is 10.4. The average molecular weight is 490 g/mol. The average Bonchev–Trinajstić information content (AvgIpc) is 2.79. The summed E-state index contributed by atoms with van der Waals surface area (Å²) < 4.78 is 27.7. The molecule has 0 spiro atoms. The first-order valence-electron chi connectivity index (χ1n) is 10.8. The van der Waals surface area contributed by atoms with E-state index < -0.39 is 10.0 Å². The summed E-state index contributed by atoms with van der Waals surface area (Å²) in [5, 5.41) is 6.32. The van der Waals surface area contributed by atoms with Gasteiger partial charge in [0.1, 0.15) is 0 Å². The number of nitrogens with zero attached hydrogens (tertiary/aromatic N) is 1. The van der Waals surface area contributed by atoms with Crippen molar-refractivity contribution in [1.82, 2.24) is 14.9 Å². The van der Waals surface area contributed by atoms with Gasteiger partial charge >= 0.3 is 0 Å². The zero-order valence-corrected chi connectivity index (χ0v) is 20.0. The number of nitrogens with one attached hydrogen (secondary N) is 2. The van der Waals surface area contributed by atoms with E-state index in [-0.39, 0.29) is 28.8 Å². The number of hydrogen-bond acceptors (Lipinski definition) is 4. The Kier molecular flexibility index (Phi) is 8.29. The lowest BCUT2D eigenvalue weighted by Crippen LogP contribution is -2.50. The Balaban J connectivity index is 1.58. The molecule has 2 amide bonds. The first-order chi connectivity index (χ1) is 15.7. The first kappa shape index (κ1) is 25.0. The van der Waals surface area contributed by atoms with Gasteiger partial charge in [0, 0.05) is 35.8 Å². The summed E-state index contributed by atoms with van der Waals surface area (Å²) in [6.07, 6.45) is 2.89. The summed E-state index contributed by atoms with van der Waals surface area (Å²) in [4.78, 5) is 24.1. The molecule has 2 aromatic carbocycles. The highest BCUT2D eigenvalue weighted by Crippen LogP contribution is 2.25. The molecule has 2 unspecified atom stereocenters. The van der Waals surface area contributed by atoms with Crippen LogP contribution in [0.25, 0.3) is 0 Å². The molecule has 33 heavy (non-hydrogen) atoms. The van der Waals surface area contributed by atoms with Gasteiger partial charge in [0.05, 0.1) is 4.90 Å². The molecule has 3 rings (SSSR count). The Morgan fingerprint density at radius 1 is 1.21 bits per heavy atom. The molecule has 1 aliphatic heterocycles. The maximum absolute atomic E-state index is 13.1. The van der Waals surface area contributed by atoms with E-state index in [1.165, 1.54) is 34.6 Å². The molecule has 0 aromatic heterocycles. The molecule has 0 radical (unpaired) electrons. The fourth-order valence-corrected chi connectivity index (χ4v) is 5.80. The molecule has 9 heteroatoms. The normalized spacial score (nSPS) is 19.0. The van der Waals surface area contributed by atoms with E-state index in [0.717, 1.165) is 5.56 Å². The largest absolute Gasteiger partial charge is 0.352 e. The van der Waals surface area contributed by atoms with Crippen molar-refractivity contribution in [1.29, 1.82) is 0 Å². The van der Waals surface area contributed by atoms with Crippen molar-refractivity contribution < 1.29 is 18.0 Å². The molecular weight excluding hydrogens is 462 g/mol. The Hall–Kier alpha value is -2.68. The van der Waals surface area contributed by atoms with Gasteiger partial charge in [-0.15, -0.1) is 0 Å². The summed E-state index contributed by atoms with van der Waals surface area (Å²) in [5.74, 6) is -0.530. The Bertz CT molecular complexity index is 1120. The van der Waals surface area contributed by atoms with E-state index >= 15 is 0 Å². The highest BCUT2D eigenvalue weighted by atomic mass is 35.5. The van der Waals surface area contributed by atoms with Crippen LogP contribution in [0.2, 0.25) is 5.02 Å². The molecule has 7 nitrogen and oxygen atoms in total. The Morgan fingerprint density at radius 3 is 2.58 bits per heavy atom. The SMILES string of the molecule is C=CC(=O)NC1CCN(S(=O)(=O)c2ccc(C(=O)NCCc3cccc(Cl)c3)cc2)C(C)C1. The number of hydrogen-bond donors (Lipinski definition) is 2. The van der Waals surface area contributed by atoms with Gasteiger partial charge in [-0.3, -0.25) is 9.59 Å². The molecule has 2 N–H and O–H groups in total. The Morgan fingerprint density at radius 2 is 1.94 bits per heavy atom. The number of rotatable bonds is 8. The van der Waals surface area contributed by atoms with Gasteiger partial charge < -0.3 is 10.6 Å². The van der Waals surface area contributed by atoms with Crippen LogP contribution in [0.5, 0.6) is 0 Å². The van der Waals surface area contributed by atoms with E-state index in [0.29, 0.717) is 42.9 Å². The Labute approximate surface area is 199 Å². The number of amides is 2. The predicted molar refractivity (Wildman–Crippen MR) is 129 cm³/mol.